The van der Waals surface area contributed by atoms with E-state index in [0.29, 0.717) is 5.41 Å². The second kappa shape index (κ2) is 6.91. The molecule has 0 atom stereocenters. The Bertz CT molecular complexity index is 229. The summed E-state index contributed by atoms with van der Waals surface area (Å²) >= 11 is 0. The lowest BCUT2D eigenvalue weighted by Gasteiger charge is -2.35. The van der Waals surface area contributed by atoms with Crippen molar-refractivity contribution >= 4 is 0 Å². The first-order chi connectivity index (χ1) is 8.78. The van der Waals surface area contributed by atoms with E-state index in [-0.39, 0.29) is 0 Å². The van der Waals surface area contributed by atoms with Crippen LogP contribution in [-0.4, -0.2) is 37.6 Å². The predicted molar refractivity (Wildman–Crippen MR) is 78.9 cm³/mol. The normalized spacial score (nSPS) is 22.8. The molecule has 2 fully saturated rings. The number of rotatable bonds is 9. The second-order valence-electron chi connectivity index (χ2n) is 6.65. The van der Waals surface area contributed by atoms with Gasteiger partial charge in [0.15, 0.2) is 0 Å². The molecule has 0 aromatic heterocycles. The monoisotopic (exact) mass is 252 g/mol. The van der Waals surface area contributed by atoms with Crippen molar-refractivity contribution in [3.8, 4) is 0 Å². The van der Waals surface area contributed by atoms with Gasteiger partial charge in [0.25, 0.3) is 0 Å². The average molecular weight is 252 g/mol. The molecule has 0 bridgehead atoms. The van der Waals surface area contributed by atoms with Crippen LogP contribution in [0.1, 0.15) is 58.8 Å². The lowest BCUT2D eigenvalue weighted by molar-refractivity contribution is 0.149. The van der Waals surface area contributed by atoms with Crippen LogP contribution < -0.4 is 5.32 Å². The van der Waals surface area contributed by atoms with Crippen LogP contribution in [-0.2, 0) is 0 Å². The van der Waals surface area contributed by atoms with Gasteiger partial charge in [-0.25, -0.2) is 0 Å². The van der Waals surface area contributed by atoms with Gasteiger partial charge in [-0.2, -0.15) is 0 Å². The van der Waals surface area contributed by atoms with Crippen molar-refractivity contribution in [2.45, 2.75) is 58.8 Å². The van der Waals surface area contributed by atoms with Crippen LogP contribution in [0, 0.1) is 11.3 Å². The quantitative estimate of drug-likeness (QED) is 0.634. The Kier molecular flexibility index (Phi) is 5.50. The van der Waals surface area contributed by atoms with E-state index in [9.17, 15) is 0 Å². The zero-order valence-corrected chi connectivity index (χ0v) is 12.5. The van der Waals surface area contributed by atoms with E-state index >= 15 is 0 Å². The lowest BCUT2D eigenvalue weighted by Crippen LogP contribution is -2.43. The summed E-state index contributed by atoms with van der Waals surface area (Å²) in [6, 6.07) is 0. The zero-order chi connectivity index (χ0) is 12.8. The fraction of sp³-hybridized carbons (Fsp3) is 1.00. The average Bonchev–Trinajstić information content (AvgIpc) is 3.07. The molecule has 2 heteroatoms. The molecule has 0 radical (unpaired) electrons. The minimum Gasteiger partial charge on any atom is -0.316 e. The van der Waals surface area contributed by atoms with E-state index < -0.39 is 0 Å². The smallest absolute Gasteiger partial charge is 0.00501 e. The van der Waals surface area contributed by atoms with Crippen molar-refractivity contribution in [2.24, 2.45) is 11.3 Å². The number of hydrogen-bond acceptors (Lipinski definition) is 2. The number of hydrogen-bond donors (Lipinski definition) is 1. The Morgan fingerprint density at radius 1 is 1.17 bits per heavy atom. The van der Waals surface area contributed by atoms with Crippen LogP contribution in [0.25, 0.3) is 0 Å². The maximum absolute atomic E-state index is 3.69. The van der Waals surface area contributed by atoms with Gasteiger partial charge < -0.3 is 10.2 Å². The van der Waals surface area contributed by atoms with Crippen LogP contribution in [0.2, 0.25) is 0 Å². The molecule has 0 aromatic rings. The molecule has 2 nitrogen and oxygen atoms in total. The van der Waals surface area contributed by atoms with E-state index in [1.54, 1.807) is 0 Å². The predicted octanol–water partition coefficient (Wildman–Crippen LogP) is 3.28. The van der Waals surface area contributed by atoms with Gasteiger partial charge in [0.1, 0.15) is 0 Å². The van der Waals surface area contributed by atoms with Crippen molar-refractivity contribution in [1.82, 2.24) is 10.2 Å². The van der Waals surface area contributed by atoms with Gasteiger partial charge in [-0.05, 0) is 56.5 Å². The largest absolute Gasteiger partial charge is 0.316 e. The number of nitrogens with zero attached hydrogens (tertiary/aromatic N) is 1. The summed E-state index contributed by atoms with van der Waals surface area (Å²) in [5.74, 6) is 1.03. The van der Waals surface area contributed by atoms with Gasteiger partial charge in [-0.1, -0.05) is 26.7 Å². The summed E-state index contributed by atoms with van der Waals surface area (Å²) in [6.07, 6.45) is 10.0. The standard InChI is InChI=1S/C16H32N2/c1-3-11-17-13-16(9-5-6-10-16)14-18(4-2)12-15-7-8-15/h15,17H,3-14H2,1-2H3. The third kappa shape index (κ3) is 4.24. The lowest BCUT2D eigenvalue weighted by atomic mass is 9.85. The van der Waals surface area contributed by atoms with Crippen LogP contribution in [0.4, 0.5) is 0 Å². The zero-order valence-electron chi connectivity index (χ0n) is 12.5. The molecule has 1 N–H and O–H groups in total. The molecule has 2 aliphatic rings. The Labute approximate surface area is 114 Å². The first-order valence-electron chi connectivity index (χ1n) is 8.21. The summed E-state index contributed by atoms with van der Waals surface area (Å²) in [5, 5.41) is 3.69. The van der Waals surface area contributed by atoms with Crippen LogP contribution in [0.5, 0.6) is 0 Å². The van der Waals surface area contributed by atoms with E-state index in [4.69, 9.17) is 0 Å². The minimum absolute atomic E-state index is 0.597. The fourth-order valence-corrected chi connectivity index (χ4v) is 3.49. The molecule has 2 aliphatic carbocycles. The highest BCUT2D eigenvalue weighted by Crippen LogP contribution is 2.39. The third-order valence-corrected chi connectivity index (χ3v) is 4.81. The molecule has 0 amide bonds. The summed E-state index contributed by atoms with van der Waals surface area (Å²) in [5.41, 5.74) is 0.597. The highest BCUT2D eigenvalue weighted by Gasteiger charge is 2.36. The molecular weight excluding hydrogens is 220 g/mol. The maximum atomic E-state index is 3.69. The first kappa shape index (κ1) is 14.3. The molecule has 2 saturated carbocycles. The minimum atomic E-state index is 0.597. The van der Waals surface area contributed by atoms with Gasteiger partial charge >= 0.3 is 0 Å². The Hall–Kier alpha value is -0.0800. The van der Waals surface area contributed by atoms with Gasteiger partial charge in [-0.3, -0.25) is 0 Å². The SMILES string of the molecule is CCCNCC1(CN(CC)CC2CC2)CCCC1. The maximum Gasteiger partial charge on any atom is 0.00501 e. The highest BCUT2D eigenvalue weighted by molar-refractivity contribution is 4.90. The van der Waals surface area contributed by atoms with Gasteiger partial charge in [0, 0.05) is 19.6 Å². The van der Waals surface area contributed by atoms with Crippen molar-refractivity contribution < 1.29 is 0 Å². The fourth-order valence-electron chi connectivity index (χ4n) is 3.49. The van der Waals surface area contributed by atoms with Crippen LogP contribution >= 0.6 is 0 Å². The van der Waals surface area contributed by atoms with Crippen molar-refractivity contribution in [2.75, 3.05) is 32.7 Å². The molecule has 18 heavy (non-hydrogen) atoms. The molecule has 2 rings (SSSR count). The second-order valence-corrected chi connectivity index (χ2v) is 6.65. The van der Waals surface area contributed by atoms with Crippen LogP contribution in [0.3, 0.4) is 0 Å². The van der Waals surface area contributed by atoms with Gasteiger partial charge in [-0.15, -0.1) is 0 Å². The third-order valence-electron chi connectivity index (χ3n) is 4.81. The van der Waals surface area contributed by atoms with Gasteiger partial charge in [0.05, 0.1) is 0 Å². The topological polar surface area (TPSA) is 15.3 Å². The van der Waals surface area contributed by atoms with E-state index in [0.717, 1.165) is 5.92 Å². The van der Waals surface area contributed by atoms with Gasteiger partial charge in [0.2, 0.25) is 0 Å². The Balaban J connectivity index is 1.82. The molecular formula is C16H32N2. The molecule has 106 valence electrons. The van der Waals surface area contributed by atoms with Crippen molar-refractivity contribution in [1.29, 1.82) is 0 Å². The van der Waals surface area contributed by atoms with Crippen molar-refractivity contribution in [3.63, 3.8) is 0 Å². The molecule has 0 saturated heterocycles. The summed E-state index contributed by atoms with van der Waals surface area (Å²) in [7, 11) is 0. The number of nitrogens with one attached hydrogen (secondary N) is 1. The summed E-state index contributed by atoms with van der Waals surface area (Å²) in [6.45, 7) is 11.0. The first-order valence-corrected chi connectivity index (χ1v) is 8.21. The van der Waals surface area contributed by atoms with E-state index in [1.165, 1.54) is 77.7 Å². The molecule has 0 unspecified atom stereocenters. The van der Waals surface area contributed by atoms with E-state index in [2.05, 4.69) is 24.1 Å². The molecule has 0 heterocycles. The highest BCUT2D eigenvalue weighted by atomic mass is 15.1. The Morgan fingerprint density at radius 2 is 1.89 bits per heavy atom. The molecule has 0 aliphatic heterocycles. The van der Waals surface area contributed by atoms with E-state index in [1.807, 2.05) is 0 Å². The summed E-state index contributed by atoms with van der Waals surface area (Å²) < 4.78 is 0. The summed E-state index contributed by atoms with van der Waals surface area (Å²) in [4.78, 5) is 2.73. The Morgan fingerprint density at radius 3 is 2.44 bits per heavy atom. The van der Waals surface area contributed by atoms with Crippen LogP contribution in [0.15, 0.2) is 0 Å². The molecule has 0 aromatic carbocycles. The van der Waals surface area contributed by atoms with Crippen molar-refractivity contribution in [3.05, 3.63) is 0 Å². The molecule has 0 spiro atoms.